The standard InChI is InChI=1S/C17H21N5O/c23-17(13-6-5-11-18-12-13)20-16-10-9-15(21-22-16)19-14-7-3-1-2-4-8-14/h5-6,9-12,14H,1-4,7-8H2,(H,19,21)(H,20,22,23). The number of aromatic nitrogens is 3. The first-order valence-electron chi connectivity index (χ1n) is 8.13. The molecule has 3 rings (SSSR count). The number of rotatable bonds is 4. The van der Waals surface area contributed by atoms with Gasteiger partial charge in [-0.25, -0.2) is 0 Å². The van der Waals surface area contributed by atoms with Gasteiger partial charge in [-0.3, -0.25) is 9.78 Å². The fraction of sp³-hybridized carbons (Fsp3) is 0.412. The minimum absolute atomic E-state index is 0.239. The predicted octanol–water partition coefficient (Wildman–Crippen LogP) is 3.26. The fourth-order valence-corrected chi connectivity index (χ4v) is 2.79. The lowest BCUT2D eigenvalue weighted by molar-refractivity contribution is 0.102. The summed E-state index contributed by atoms with van der Waals surface area (Å²) in [5.74, 6) is 0.957. The van der Waals surface area contributed by atoms with Gasteiger partial charge in [0.25, 0.3) is 5.91 Å². The van der Waals surface area contributed by atoms with E-state index in [4.69, 9.17) is 0 Å². The van der Waals surface area contributed by atoms with Gasteiger partial charge in [-0.15, -0.1) is 10.2 Å². The van der Waals surface area contributed by atoms with Crippen LogP contribution >= 0.6 is 0 Å². The first-order valence-corrected chi connectivity index (χ1v) is 8.13. The van der Waals surface area contributed by atoms with Gasteiger partial charge in [-0.1, -0.05) is 25.7 Å². The van der Waals surface area contributed by atoms with Crippen molar-refractivity contribution in [1.29, 1.82) is 0 Å². The van der Waals surface area contributed by atoms with E-state index in [9.17, 15) is 4.79 Å². The van der Waals surface area contributed by atoms with Gasteiger partial charge in [-0.05, 0) is 37.1 Å². The first-order chi connectivity index (χ1) is 11.3. The molecule has 2 heterocycles. The Morgan fingerprint density at radius 3 is 2.39 bits per heavy atom. The Morgan fingerprint density at radius 2 is 1.74 bits per heavy atom. The maximum absolute atomic E-state index is 12.0. The smallest absolute Gasteiger partial charge is 0.258 e. The maximum atomic E-state index is 12.0. The molecule has 0 radical (unpaired) electrons. The van der Waals surface area contributed by atoms with Gasteiger partial charge in [0, 0.05) is 18.4 Å². The molecule has 6 heteroatoms. The molecule has 0 aliphatic heterocycles. The van der Waals surface area contributed by atoms with Crippen LogP contribution in [0.3, 0.4) is 0 Å². The van der Waals surface area contributed by atoms with Crippen molar-refractivity contribution in [1.82, 2.24) is 15.2 Å². The third kappa shape index (κ3) is 4.48. The van der Waals surface area contributed by atoms with Crippen LogP contribution in [0.1, 0.15) is 48.9 Å². The predicted molar refractivity (Wildman–Crippen MR) is 89.3 cm³/mol. The van der Waals surface area contributed by atoms with Crippen molar-refractivity contribution in [3.8, 4) is 0 Å². The third-order valence-corrected chi connectivity index (χ3v) is 4.04. The topological polar surface area (TPSA) is 79.8 Å². The summed E-state index contributed by atoms with van der Waals surface area (Å²) in [5, 5.41) is 14.4. The number of carbonyl (C=O) groups is 1. The summed E-state index contributed by atoms with van der Waals surface area (Å²) in [5.41, 5.74) is 0.495. The highest BCUT2D eigenvalue weighted by atomic mass is 16.1. The number of amides is 1. The summed E-state index contributed by atoms with van der Waals surface area (Å²) < 4.78 is 0. The van der Waals surface area contributed by atoms with Gasteiger partial charge < -0.3 is 10.6 Å². The number of hydrogen-bond acceptors (Lipinski definition) is 5. The Morgan fingerprint density at radius 1 is 1.00 bits per heavy atom. The Kier molecular flexibility index (Phi) is 5.13. The largest absolute Gasteiger partial charge is 0.366 e. The van der Waals surface area contributed by atoms with Gasteiger partial charge in [0.1, 0.15) is 5.82 Å². The molecule has 1 amide bonds. The number of hydrogen-bond donors (Lipinski definition) is 2. The van der Waals surface area contributed by atoms with E-state index in [1.54, 1.807) is 24.4 Å². The van der Waals surface area contributed by atoms with E-state index >= 15 is 0 Å². The summed E-state index contributed by atoms with van der Waals surface area (Å²) in [6.45, 7) is 0. The second-order valence-corrected chi connectivity index (χ2v) is 5.83. The molecular weight excluding hydrogens is 290 g/mol. The molecular formula is C17H21N5O. The van der Waals surface area contributed by atoms with Crippen LogP contribution < -0.4 is 10.6 Å². The van der Waals surface area contributed by atoms with E-state index < -0.39 is 0 Å². The Bertz CT molecular complexity index is 621. The normalized spacial score (nSPS) is 15.7. The van der Waals surface area contributed by atoms with Crippen LogP contribution in [0, 0.1) is 0 Å². The van der Waals surface area contributed by atoms with Crippen LogP contribution in [-0.4, -0.2) is 27.1 Å². The van der Waals surface area contributed by atoms with Gasteiger partial charge in [0.2, 0.25) is 0 Å². The molecule has 0 unspecified atom stereocenters. The first kappa shape index (κ1) is 15.4. The summed E-state index contributed by atoms with van der Waals surface area (Å²) >= 11 is 0. The third-order valence-electron chi connectivity index (χ3n) is 4.04. The van der Waals surface area contributed by atoms with Crippen molar-refractivity contribution in [3.63, 3.8) is 0 Å². The van der Waals surface area contributed by atoms with Crippen molar-refractivity contribution >= 4 is 17.5 Å². The van der Waals surface area contributed by atoms with Crippen molar-refractivity contribution in [2.45, 2.75) is 44.6 Å². The van der Waals surface area contributed by atoms with E-state index in [2.05, 4.69) is 25.8 Å². The highest BCUT2D eigenvalue weighted by Gasteiger charge is 2.13. The second kappa shape index (κ2) is 7.67. The molecule has 2 aromatic rings. The molecule has 6 nitrogen and oxygen atoms in total. The molecule has 1 saturated carbocycles. The molecule has 1 aliphatic carbocycles. The van der Waals surface area contributed by atoms with Crippen molar-refractivity contribution in [2.75, 3.05) is 10.6 Å². The van der Waals surface area contributed by atoms with Crippen molar-refractivity contribution < 1.29 is 4.79 Å². The maximum Gasteiger partial charge on any atom is 0.258 e. The summed E-state index contributed by atoms with van der Waals surface area (Å²) in [7, 11) is 0. The van der Waals surface area contributed by atoms with Crippen molar-refractivity contribution in [3.05, 3.63) is 42.2 Å². The van der Waals surface area contributed by atoms with Crippen LogP contribution in [0.15, 0.2) is 36.7 Å². The highest BCUT2D eigenvalue weighted by Crippen LogP contribution is 2.20. The molecule has 0 bridgehead atoms. The van der Waals surface area contributed by atoms with Gasteiger partial charge >= 0.3 is 0 Å². The van der Waals surface area contributed by atoms with Gasteiger partial charge in [0.15, 0.2) is 5.82 Å². The van der Waals surface area contributed by atoms with Crippen LogP contribution in [0.4, 0.5) is 11.6 Å². The number of nitrogens with zero attached hydrogens (tertiary/aromatic N) is 3. The van der Waals surface area contributed by atoms with Crippen molar-refractivity contribution in [2.24, 2.45) is 0 Å². The average Bonchev–Trinajstić information content (AvgIpc) is 2.86. The lowest BCUT2D eigenvalue weighted by atomic mass is 10.1. The zero-order valence-electron chi connectivity index (χ0n) is 13.0. The lowest BCUT2D eigenvalue weighted by Crippen LogP contribution is -2.19. The Labute approximate surface area is 135 Å². The van der Waals surface area contributed by atoms with E-state index in [1.807, 2.05) is 6.07 Å². The van der Waals surface area contributed by atoms with Gasteiger partial charge in [0.05, 0.1) is 5.56 Å². The van der Waals surface area contributed by atoms with Gasteiger partial charge in [-0.2, -0.15) is 0 Å². The molecule has 0 spiro atoms. The molecule has 0 saturated heterocycles. The quantitative estimate of drug-likeness (QED) is 0.847. The summed E-state index contributed by atoms with van der Waals surface area (Å²) in [6.07, 6.45) is 10.7. The molecule has 120 valence electrons. The Balaban J connectivity index is 1.57. The minimum atomic E-state index is -0.239. The highest BCUT2D eigenvalue weighted by molar-refractivity contribution is 6.03. The van der Waals surface area contributed by atoms with Crippen LogP contribution in [-0.2, 0) is 0 Å². The van der Waals surface area contributed by atoms with E-state index in [-0.39, 0.29) is 5.91 Å². The van der Waals surface area contributed by atoms with Crippen LogP contribution in [0.2, 0.25) is 0 Å². The minimum Gasteiger partial charge on any atom is -0.366 e. The fourth-order valence-electron chi connectivity index (χ4n) is 2.79. The Hall–Kier alpha value is -2.50. The van der Waals surface area contributed by atoms with Crippen LogP contribution in [0.5, 0.6) is 0 Å². The summed E-state index contributed by atoms with van der Waals surface area (Å²) in [4.78, 5) is 15.9. The van der Waals surface area contributed by atoms with Crippen LogP contribution in [0.25, 0.3) is 0 Å². The molecule has 0 aromatic carbocycles. The number of carbonyl (C=O) groups excluding carboxylic acids is 1. The van der Waals surface area contributed by atoms with E-state index in [0.29, 0.717) is 17.4 Å². The van der Waals surface area contributed by atoms with E-state index in [0.717, 1.165) is 5.82 Å². The zero-order chi connectivity index (χ0) is 15.9. The number of nitrogens with one attached hydrogen (secondary N) is 2. The molecule has 2 aromatic heterocycles. The molecule has 1 aliphatic rings. The number of anilines is 2. The molecule has 2 N–H and O–H groups in total. The summed E-state index contributed by atoms with van der Waals surface area (Å²) in [6, 6.07) is 7.53. The molecule has 23 heavy (non-hydrogen) atoms. The van der Waals surface area contributed by atoms with E-state index in [1.165, 1.54) is 44.7 Å². The second-order valence-electron chi connectivity index (χ2n) is 5.83. The SMILES string of the molecule is O=C(Nc1ccc(NC2CCCCCC2)nn1)c1cccnc1. The monoisotopic (exact) mass is 311 g/mol. The molecule has 1 fully saturated rings. The zero-order valence-corrected chi connectivity index (χ0v) is 13.0. The number of pyridine rings is 1. The lowest BCUT2D eigenvalue weighted by Gasteiger charge is -2.16. The average molecular weight is 311 g/mol. The molecule has 0 atom stereocenters.